The number of hydrogen-bond acceptors (Lipinski definition) is 2. The molecule has 15 heavy (non-hydrogen) atoms. The molecule has 2 atom stereocenters. The van der Waals surface area contributed by atoms with Gasteiger partial charge in [0.15, 0.2) is 0 Å². The van der Waals surface area contributed by atoms with Crippen molar-refractivity contribution in [1.29, 1.82) is 0 Å². The predicted octanol–water partition coefficient (Wildman–Crippen LogP) is 2.34. The van der Waals surface area contributed by atoms with Gasteiger partial charge in [-0.1, -0.05) is 0 Å². The molecule has 0 amide bonds. The average molecular weight is 210 g/mol. The Labute approximate surface area is 94.6 Å². The summed E-state index contributed by atoms with van der Waals surface area (Å²) in [5.74, 6) is 0. The van der Waals surface area contributed by atoms with Gasteiger partial charge in [0.1, 0.15) is 0 Å². The minimum Gasteiger partial charge on any atom is -0.298 e. The second kappa shape index (κ2) is 3.74. The Morgan fingerprint density at radius 2 is 1.47 bits per heavy atom. The van der Waals surface area contributed by atoms with Crippen molar-refractivity contribution < 1.29 is 0 Å². The largest absolute Gasteiger partial charge is 0.298 e. The zero-order chi connectivity index (χ0) is 11.2. The van der Waals surface area contributed by atoms with Crippen LogP contribution in [0.15, 0.2) is 0 Å². The van der Waals surface area contributed by atoms with Crippen LogP contribution in [-0.4, -0.2) is 46.6 Å². The van der Waals surface area contributed by atoms with Crippen molar-refractivity contribution in [3.63, 3.8) is 0 Å². The average Bonchev–Trinajstić information content (AvgIpc) is 2.37. The lowest BCUT2D eigenvalue weighted by atomic mass is 10.00. The molecule has 2 heteroatoms. The Morgan fingerprint density at radius 3 is 1.80 bits per heavy atom. The first kappa shape index (κ1) is 11.4. The molecule has 2 aliphatic rings. The standard InChI is InChI=1S/C13H26N2/c1-10(2)14-8-11-6-7-12(9-14)15(11)13(3,4)5/h10-12H,6-9H2,1-5H3. The molecule has 2 heterocycles. The SMILES string of the molecule is CC(C)N1CC2CCC(C1)N2C(C)(C)C. The van der Waals surface area contributed by atoms with Crippen LogP contribution in [0.5, 0.6) is 0 Å². The van der Waals surface area contributed by atoms with E-state index in [9.17, 15) is 0 Å². The minimum absolute atomic E-state index is 0.356. The van der Waals surface area contributed by atoms with Crippen LogP contribution >= 0.6 is 0 Å². The number of nitrogens with zero attached hydrogens (tertiary/aromatic N) is 2. The highest BCUT2D eigenvalue weighted by Gasteiger charge is 2.44. The third kappa shape index (κ3) is 2.07. The molecule has 88 valence electrons. The maximum Gasteiger partial charge on any atom is 0.0232 e. The second-order valence-corrected chi connectivity index (χ2v) is 6.51. The molecule has 2 aliphatic heterocycles. The van der Waals surface area contributed by atoms with E-state index in [-0.39, 0.29) is 0 Å². The van der Waals surface area contributed by atoms with Crippen LogP contribution in [0, 0.1) is 0 Å². The third-order valence-electron chi connectivity index (χ3n) is 4.02. The Bertz CT molecular complexity index is 215. The molecule has 0 aliphatic carbocycles. The smallest absolute Gasteiger partial charge is 0.0232 e. The highest BCUT2D eigenvalue weighted by atomic mass is 15.4. The van der Waals surface area contributed by atoms with E-state index in [0.717, 1.165) is 18.1 Å². The summed E-state index contributed by atoms with van der Waals surface area (Å²) in [6.07, 6.45) is 2.82. The molecule has 0 aromatic heterocycles. The van der Waals surface area contributed by atoms with Gasteiger partial charge in [-0.05, 0) is 47.5 Å². The van der Waals surface area contributed by atoms with E-state index in [0.29, 0.717) is 5.54 Å². The fourth-order valence-corrected chi connectivity index (χ4v) is 3.45. The van der Waals surface area contributed by atoms with Gasteiger partial charge in [0.05, 0.1) is 0 Å². The molecular formula is C13H26N2. The first-order valence-electron chi connectivity index (χ1n) is 6.42. The first-order valence-corrected chi connectivity index (χ1v) is 6.42. The maximum atomic E-state index is 2.77. The van der Waals surface area contributed by atoms with Gasteiger partial charge in [-0.3, -0.25) is 9.80 Å². The van der Waals surface area contributed by atoms with E-state index >= 15 is 0 Å². The van der Waals surface area contributed by atoms with Gasteiger partial charge in [0.25, 0.3) is 0 Å². The van der Waals surface area contributed by atoms with Crippen LogP contribution in [0.2, 0.25) is 0 Å². The van der Waals surface area contributed by atoms with Crippen LogP contribution in [-0.2, 0) is 0 Å². The zero-order valence-electron chi connectivity index (χ0n) is 11.0. The normalized spacial score (nSPS) is 34.0. The maximum absolute atomic E-state index is 2.77. The summed E-state index contributed by atoms with van der Waals surface area (Å²) < 4.78 is 0. The third-order valence-corrected chi connectivity index (χ3v) is 4.02. The van der Waals surface area contributed by atoms with Crippen LogP contribution in [0.3, 0.4) is 0 Å². The van der Waals surface area contributed by atoms with Crippen LogP contribution in [0.25, 0.3) is 0 Å². The second-order valence-electron chi connectivity index (χ2n) is 6.51. The van der Waals surface area contributed by atoms with E-state index in [1.54, 1.807) is 0 Å². The molecule has 0 aromatic rings. The minimum atomic E-state index is 0.356. The predicted molar refractivity (Wildman–Crippen MR) is 65.1 cm³/mol. The Balaban J connectivity index is 2.10. The van der Waals surface area contributed by atoms with E-state index < -0.39 is 0 Å². The molecule has 2 bridgehead atoms. The number of hydrogen-bond donors (Lipinski definition) is 0. The molecule has 0 aromatic carbocycles. The molecule has 2 unspecified atom stereocenters. The Hall–Kier alpha value is -0.0800. The monoisotopic (exact) mass is 210 g/mol. The summed E-state index contributed by atoms with van der Waals surface area (Å²) >= 11 is 0. The zero-order valence-corrected chi connectivity index (χ0v) is 11.0. The van der Waals surface area contributed by atoms with Crippen LogP contribution in [0.4, 0.5) is 0 Å². The molecular weight excluding hydrogens is 184 g/mol. The van der Waals surface area contributed by atoms with Crippen molar-refractivity contribution in [1.82, 2.24) is 9.80 Å². The molecule has 0 spiro atoms. The van der Waals surface area contributed by atoms with Crippen LogP contribution < -0.4 is 0 Å². The van der Waals surface area contributed by atoms with Crippen molar-refractivity contribution >= 4 is 0 Å². The van der Waals surface area contributed by atoms with Crippen molar-refractivity contribution in [2.75, 3.05) is 13.1 Å². The summed E-state index contributed by atoms with van der Waals surface area (Å²) in [5.41, 5.74) is 0.356. The van der Waals surface area contributed by atoms with Crippen LogP contribution in [0.1, 0.15) is 47.5 Å². The lowest BCUT2D eigenvalue weighted by Gasteiger charge is -2.49. The fraction of sp³-hybridized carbons (Fsp3) is 1.00. The van der Waals surface area contributed by atoms with Crippen molar-refractivity contribution in [2.24, 2.45) is 0 Å². The molecule has 2 fully saturated rings. The van der Waals surface area contributed by atoms with E-state index in [1.807, 2.05) is 0 Å². The quantitative estimate of drug-likeness (QED) is 0.655. The highest BCUT2D eigenvalue weighted by molar-refractivity contribution is 5.01. The number of likely N-dealkylation sites (tertiary alicyclic amines) is 1. The lowest BCUT2D eigenvalue weighted by molar-refractivity contribution is -0.00801. The lowest BCUT2D eigenvalue weighted by Crippen LogP contribution is -2.60. The summed E-state index contributed by atoms with van der Waals surface area (Å²) in [6, 6.07) is 2.34. The molecule has 0 radical (unpaired) electrons. The van der Waals surface area contributed by atoms with Gasteiger partial charge in [0, 0.05) is 36.8 Å². The van der Waals surface area contributed by atoms with E-state index in [1.165, 1.54) is 25.9 Å². The molecule has 2 nitrogen and oxygen atoms in total. The first-order chi connectivity index (χ1) is 6.89. The van der Waals surface area contributed by atoms with Gasteiger partial charge in [-0.25, -0.2) is 0 Å². The summed E-state index contributed by atoms with van der Waals surface area (Å²) in [5, 5.41) is 0. The van der Waals surface area contributed by atoms with E-state index in [2.05, 4.69) is 44.4 Å². The molecule has 0 N–H and O–H groups in total. The summed E-state index contributed by atoms with van der Waals surface area (Å²) in [7, 11) is 0. The van der Waals surface area contributed by atoms with Gasteiger partial charge in [0.2, 0.25) is 0 Å². The van der Waals surface area contributed by atoms with E-state index in [4.69, 9.17) is 0 Å². The Kier molecular flexibility index (Phi) is 2.85. The topological polar surface area (TPSA) is 6.48 Å². The molecule has 2 rings (SSSR count). The Morgan fingerprint density at radius 1 is 1.00 bits per heavy atom. The summed E-state index contributed by atoms with van der Waals surface area (Å²) in [6.45, 7) is 14.3. The van der Waals surface area contributed by atoms with Gasteiger partial charge < -0.3 is 0 Å². The number of rotatable bonds is 1. The van der Waals surface area contributed by atoms with Gasteiger partial charge >= 0.3 is 0 Å². The van der Waals surface area contributed by atoms with Crippen molar-refractivity contribution in [3.8, 4) is 0 Å². The van der Waals surface area contributed by atoms with Crippen molar-refractivity contribution in [3.05, 3.63) is 0 Å². The summed E-state index contributed by atoms with van der Waals surface area (Å²) in [4.78, 5) is 5.43. The number of fused-ring (bicyclic) bond motifs is 2. The van der Waals surface area contributed by atoms with Crippen molar-refractivity contribution in [2.45, 2.75) is 71.1 Å². The fourth-order valence-electron chi connectivity index (χ4n) is 3.45. The number of piperazine rings is 1. The highest BCUT2D eigenvalue weighted by Crippen LogP contribution is 2.36. The molecule has 0 saturated carbocycles. The molecule has 2 saturated heterocycles. The van der Waals surface area contributed by atoms with Gasteiger partial charge in [-0.2, -0.15) is 0 Å². The van der Waals surface area contributed by atoms with Gasteiger partial charge in [-0.15, -0.1) is 0 Å².